The number of carbonyl (C=O) groups excluding carboxylic acids is 1. The first-order chi connectivity index (χ1) is 14.3. The second-order valence-corrected chi connectivity index (χ2v) is 8.49. The topological polar surface area (TPSA) is 101 Å². The predicted octanol–water partition coefficient (Wildman–Crippen LogP) is 5.46. The highest BCUT2D eigenvalue weighted by Gasteiger charge is 2.11. The number of rotatable bonds is 7. The van der Waals surface area contributed by atoms with Gasteiger partial charge in [-0.2, -0.15) is 5.10 Å². The molecule has 0 fully saturated rings. The Morgan fingerprint density at radius 2 is 1.83 bits per heavy atom. The van der Waals surface area contributed by atoms with Crippen LogP contribution in [0.15, 0.2) is 71.5 Å². The van der Waals surface area contributed by atoms with E-state index >= 15 is 0 Å². The van der Waals surface area contributed by atoms with E-state index in [9.17, 15) is 9.59 Å². The van der Waals surface area contributed by atoms with E-state index < -0.39 is 11.9 Å². The fraction of sp³-hybridized carbons (Fsp3) is 0.0500. The van der Waals surface area contributed by atoms with Crippen LogP contribution in [0, 0.1) is 0 Å². The van der Waals surface area contributed by atoms with E-state index in [1.54, 1.807) is 36.4 Å². The lowest BCUT2D eigenvalue weighted by atomic mass is 10.1. The number of carboxylic acid groups (broad SMARTS) is 1. The summed E-state index contributed by atoms with van der Waals surface area (Å²) in [5, 5.41) is 12.9. The minimum atomic E-state index is -1.02. The van der Waals surface area contributed by atoms with E-state index in [0.717, 1.165) is 4.47 Å². The van der Waals surface area contributed by atoms with E-state index in [2.05, 4.69) is 58.3 Å². The molecule has 30 heavy (non-hydrogen) atoms. The van der Waals surface area contributed by atoms with Crippen molar-refractivity contribution in [2.45, 2.75) is 0 Å². The Morgan fingerprint density at radius 3 is 2.53 bits per heavy atom. The summed E-state index contributed by atoms with van der Waals surface area (Å²) < 4.78 is 13.4. The Labute approximate surface area is 196 Å². The van der Waals surface area contributed by atoms with E-state index in [4.69, 9.17) is 14.3 Å². The number of ether oxygens (including phenoxy) is 1. The molecule has 1 aromatic heterocycles. The lowest BCUT2D eigenvalue weighted by molar-refractivity contribution is -0.123. The number of hydrogen-bond donors (Lipinski definition) is 2. The largest absolute Gasteiger partial charge is 0.481 e. The zero-order valence-electron chi connectivity index (χ0n) is 15.1. The molecule has 3 aromatic rings. The number of amides is 1. The molecule has 0 spiro atoms. The van der Waals surface area contributed by atoms with Crippen molar-refractivity contribution in [1.29, 1.82) is 0 Å². The van der Waals surface area contributed by atoms with Crippen molar-refractivity contribution in [3.8, 4) is 17.1 Å². The molecule has 0 unspecified atom stereocenters. The van der Waals surface area contributed by atoms with Crippen LogP contribution in [-0.4, -0.2) is 29.8 Å². The number of nitrogens with zero attached hydrogens (tertiary/aromatic N) is 1. The summed E-state index contributed by atoms with van der Waals surface area (Å²) in [7, 11) is 0. The lowest BCUT2D eigenvalue weighted by Crippen LogP contribution is -2.24. The third-order valence-corrected chi connectivity index (χ3v) is 5.35. The number of aromatic carboxylic acids is 1. The summed E-state index contributed by atoms with van der Waals surface area (Å²) >= 11 is 10.1. The molecule has 10 heteroatoms. The van der Waals surface area contributed by atoms with Crippen LogP contribution >= 0.6 is 47.8 Å². The first-order valence-corrected chi connectivity index (χ1v) is 10.7. The second kappa shape index (κ2) is 10.1. The van der Waals surface area contributed by atoms with Crippen molar-refractivity contribution >= 4 is 65.9 Å². The molecule has 0 aliphatic rings. The molecule has 0 radical (unpaired) electrons. The summed E-state index contributed by atoms with van der Waals surface area (Å²) in [6.07, 6.45) is 1.34. The fourth-order valence-corrected chi connectivity index (χ4v) is 4.88. The quantitative estimate of drug-likeness (QED) is 0.277. The highest BCUT2D eigenvalue weighted by molar-refractivity contribution is 9.11. The van der Waals surface area contributed by atoms with Gasteiger partial charge in [-0.15, -0.1) is 0 Å². The summed E-state index contributed by atoms with van der Waals surface area (Å²) in [5.74, 6) is -0.0904. The number of carboxylic acids is 1. The van der Waals surface area contributed by atoms with Gasteiger partial charge in [0, 0.05) is 10.0 Å². The zero-order chi connectivity index (χ0) is 21.7. The fourth-order valence-electron chi connectivity index (χ4n) is 2.39. The molecule has 0 aliphatic heterocycles. The van der Waals surface area contributed by atoms with Gasteiger partial charge < -0.3 is 14.3 Å². The van der Waals surface area contributed by atoms with Crippen LogP contribution in [0.2, 0.25) is 0 Å². The number of hydrazone groups is 1. The maximum Gasteiger partial charge on any atom is 0.335 e. The molecule has 0 saturated heterocycles. The molecule has 0 bridgehead atoms. The predicted molar refractivity (Wildman–Crippen MR) is 122 cm³/mol. The molecule has 2 N–H and O–H groups in total. The first-order valence-electron chi connectivity index (χ1n) is 8.36. The molecule has 3 rings (SSSR count). The van der Waals surface area contributed by atoms with Crippen molar-refractivity contribution in [3.63, 3.8) is 0 Å². The van der Waals surface area contributed by atoms with Gasteiger partial charge in [0.15, 0.2) is 6.61 Å². The van der Waals surface area contributed by atoms with Crippen LogP contribution in [0.25, 0.3) is 11.3 Å². The monoisotopic (exact) mass is 598 g/mol. The normalized spacial score (nSPS) is 10.9. The molecular weight excluding hydrogens is 588 g/mol. The molecule has 2 aromatic carbocycles. The average molecular weight is 601 g/mol. The van der Waals surface area contributed by atoms with Gasteiger partial charge in [0.2, 0.25) is 0 Å². The van der Waals surface area contributed by atoms with Crippen molar-refractivity contribution in [2.75, 3.05) is 6.61 Å². The van der Waals surface area contributed by atoms with Gasteiger partial charge in [0.1, 0.15) is 17.3 Å². The number of furan rings is 1. The minimum Gasteiger partial charge on any atom is -0.481 e. The number of benzene rings is 2. The number of halogens is 3. The molecule has 0 saturated carbocycles. The highest BCUT2D eigenvalue weighted by atomic mass is 79.9. The van der Waals surface area contributed by atoms with Gasteiger partial charge in [-0.25, -0.2) is 10.2 Å². The van der Waals surface area contributed by atoms with Gasteiger partial charge >= 0.3 is 5.97 Å². The minimum absolute atomic E-state index is 0.162. The van der Waals surface area contributed by atoms with Crippen LogP contribution in [0.1, 0.15) is 16.1 Å². The molecule has 1 amide bonds. The van der Waals surface area contributed by atoms with Crippen molar-refractivity contribution in [3.05, 3.63) is 73.3 Å². The summed E-state index contributed by atoms with van der Waals surface area (Å²) in [6, 6.07) is 13.3. The van der Waals surface area contributed by atoms with Crippen LogP contribution in [0.3, 0.4) is 0 Å². The van der Waals surface area contributed by atoms with Crippen LogP contribution in [0.4, 0.5) is 0 Å². The number of carbonyl (C=O) groups is 2. The maximum absolute atomic E-state index is 11.9. The molecular formula is C20H13Br3N2O5. The Bertz CT molecular complexity index is 1100. The zero-order valence-corrected chi connectivity index (χ0v) is 19.8. The Kier molecular flexibility index (Phi) is 7.46. The number of hydrogen-bond acceptors (Lipinski definition) is 5. The summed E-state index contributed by atoms with van der Waals surface area (Å²) in [6.45, 7) is -0.235. The molecule has 154 valence electrons. The standard InChI is InChI=1S/C20H13Br3N2O5/c21-13-7-15(22)19(16(23)8-13)29-10-18(26)25-24-9-14-4-5-17(30-14)11-2-1-3-12(6-11)20(27)28/h1-9H,10H2,(H,25,26)(H,27,28)/b24-9-. The van der Waals surface area contributed by atoms with Gasteiger partial charge in [-0.05, 0) is 68.3 Å². The van der Waals surface area contributed by atoms with Gasteiger partial charge in [0.05, 0.1) is 20.7 Å². The van der Waals surface area contributed by atoms with E-state index in [1.807, 2.05) is 0 Å². The molecule has 7 nitrogen and oxygen atoms in total. The Hall–Kier alpha value is -2.43. The summed E-state index contributed by atoms with van der Waals surface area (Å²) in [4.78, 5) is 23.0. The smallest absolute Gasteiger partial charge is 0.335 e. The van der Waals surface area contributed by atoms with Gasteiger partial charge in [0.25, 0.3) is 5.91 Å². The van der Waals surface area contributed by atoms with Crippen molar-refractivity contribution in [1.82, 2.24) is 5.43 Å². The summed E-state index contributed by atoms with van der Waals surface area (Å²) in [5.41, 5.74) is 3.14. The van der Waals surface area contributed by atoms with E-state index in [1.165, 1.54) is 18.3 Å². The third-order valence-electron chi connectivity index (χ3n) is 3.71. The Balaban J connectivity index is 1.57. The average Bonchev–Trinajstić information content (AvgIpc) is 3.16. The SMILES string of the molecule is O=C(COc1c(Br)cc(Br)cc1Br)N/N=C\c1ccc(-c2cccc(C(=O)O)c2)o1. The van der Waals surface area contributed by atoms with Crippen molar-refractivity contribution < 1.29 is 23.8 Å². The molecule has 0 atom stereocenters. The van der Waals surface area contributed by atoms with E-state index in [0.29, 0.717) is 31.8 Å². The molecule has 0 aliphatic carbocycles. The van der Waals surface area contributed by atoms with Gasteiger partial charge in [-0.1, -0.05) is 28.1 Å². The Morgan fingerprint density at radius 1 is 1.10 bits per heavy atom. The van der Waals surface area contributed by atoms with Crippen molar-refractivity contribution in [2.24, 2.45) is 5.10 Å². The second-order valence-electron chi connectivity index (χ2n) is 5.87. The van der Waals surface area contributed by atoms with Gasteiger partial charge in [-0.3, -0.25) is 4.79 Å². The number of nitrogens with one attached hydrogen (secondary N) is 1. The first kappa shape index (κ1) is 22.3. The van der Waals surface area contributed by atoms with Crippen LogP contribution in [-0.2, 0) is 4.79 Å². The highest BCUT2D eigenvalue weighted by Crippen LogP contribution is 2.36. The molecule has 1 heterocycles. The van der Waals surface area contributed by atoms with Crippen LogP contribution in [0.5, 0.6) is 5.75 Å². The maximum atomic E-state index is 11.9. The van der Waals surface area contributed by atoms with Crippen LogP contribution < -0.4 is 10.2 Å². The third kappa shape index (κ3) is 5.80. The lowest BCUT2D eigenvalue weighted by Gasteiger charge is -2.09. The van der Waals surface area contributed by atoms with E-state index in [-0.39, 0.29) is 12.2 Å².